The number of nitro groups is 1. The summed E-state index contributed by atoms with van der Waals surface area (Å²) in [4.78, 5) is 11.0. The van der Waals surface area contributed by atoms with Gasteiger partial charge >= 0.3 is 0 Å². The second kappa shape index (κ2) is 6.41. The summed E-state index contributed by atoms with van der Waals surface area (Å²) in [6, 6.07) is 5.00. The van der Waals surface area contributed by atoms with E-state index in [9.17, 15) is 10.1 Å². The lowest BCUT2D eigenvalue weighted by molar-refractivity contribution is -0.385. The van der Waals surface area contributed by atoms with Gasteiger partial charge in [0, 0.05) is 18.7 Å². The maximum Gasteiger partial charge on any atom is 0.277 e. The minimum absolute atomic E-state index is 0.0368. The molecule has 0 aromatic heterocycles. The van der Waals surface area contributed by atoms with Gasteiger partial charge in [-0.05, 0) is 36.9 Å². The molecule has 1 fully saturated rings. The largest absolute Gasteiger partial charge is 0.497 e. The van der Waals surface area contributed by atoms with Crippen LogP contribution in [0, 0.1) is 15.5 Å². The van der Waals surface area contributed by atoms with Gasteiger partial charge < -0.3 is 14.8 Å². The topological polar surface area (TPSA) is 73.6 Å². The third-order valence-electron chi connectivity index (χ3n) is 4.12. The van der Waals surface area contributed by atoms with E-state index in [2.05, 4.69) is 12.2 Å². The highest BCUT2D eigenvalue weighted by Gasteiger charge is 2.35. The molecule has 116 valence electrons. The summed E-state index contributed by atoms with van der Waals surface area (Å²) in [5, 5.41) is 14.7. The summed E-state index contributed by atoms with van der Waals surface area (Å²) in [6.07, 6.45) is 1.81. The van der Waals surface area contributed by atoms with Crippen molar-refractivity contribution in [3.05, 3.63) is 33.9 Å². The molecule has 1 saturated heterocycles. The lowest BCUT2D eigenvalue weighted by Crippen LogP contribution is -2.40. The van der Waals surface area contributed by atoms with Crippen LogP contribution in [-0.2, 0) is 4.74 Å². The molecule has 2 unspecified atom stereocenters. The van der Waals surface area contributed by atoms with Crippen LogP contribution in [0.5, 0.6) is 5.75 Å². The first-order valence-corrected chi connectivity index (χ1v) is 7.04. The Bertz CT molecular complexity index is 516. The molecule has 0 radical (unpaired) electrons. The fourth-order valence-corrected chi connectivity index (χ4v) is 3.02. The SMILES string of the molecule is COCC1(C)CCNC(c2ccc(OC)cc2[N+](=O)[O-])C1. The molecule has 1 heterocycles. The number of ether oxygens (including phenoxy) is 2. The summed E-state index contributed by atoms with van der Waals surface area (Å²) in [5.41, 5.74) is 0.856. The van der Waals surface area contributed by atoms with Gasteiger partial charge in [0.05, 0.1) is 24.7 Å². The summed E-state index contributed by atoms with van der Waals surface area (Å²) >= 11 is 0. The van der Waals surface area contributed by atoms with Gasteiger partial charge in [-0.3, -0.25) is 10.1 Å². The Labute approximate surface area is 124 Å². The second-order valence-electron chi connectivity index (χ2n) is 5.89. The van der Waals surface area contributed by atoms with Gasteiger partial charge in [0.2, 0.25) is 0 Å². The Morgan fingerprint density at radius 1 is 1.48 bits per heavy atom. The number of nitrogens with zero attached hydrogens (tertiary/aromatic N) is 1. The van der Waals surface area contributed by atoms with Gasteiger partial charge in [-0.2, -0.15) is 0 Å². The van der Waals surface area contributed by atoms with Crippen LogP contribution in [0.1, 0.15) is 31.4 Å². The van der Waals surface area contributed by atoms with E-state index in [1.807, 2.05) is 0 Å². The van der Waals surface area contributed by atoms with E-state index in [1.165, 1.54) is 13.2 Å². The van der Waals surface area contributed by atoms with Gasteiger partial charge in [-0.25, -0.2) is 0 Å². The Kier molecular flexibility index (Phi) is 4.80. The smallest absolute Gasteiger partial charge is 0.277 e. The first kappa shape index (κ1) is 15.7. The van der Waals surface area contributed by atoms with Crippen molar-refractivity contribution in [3.63, 3.8) is 0 Å². The summed E-state index contributed by atoms with van der Waals surface area (Å²) in [6.45, 7) is 3.66. The van der Waals surface area contributed by atoms with E-state index in [0.717, 1.165) is 19.4 Å². The van der Waals surface area contributed by atoms with E-state index in [0.29, 0.717) is 17.9 Å². The standard InChI is InChI=1S/C15H22N2O4/c1-15(10-20-2)6-7-16-13(9-15)12-5-4-11(21-3)8-14(12)17(18)19/h4-5,8,13,16H,6-7,9-10H2,1-3H3. The quantitative estimate of drug-likeness (QED) is 0.667. The molecule has 0 aliphatic carbocycles. The zero-order valence-corrected chi connectivity index (χ0v) is 12.7. The highest BCUT2D eigenvalue weighted by molar-refractivity contribution is 5.48. The van der Waals surface area contributed by atoms with E-state index >= 15 is 0 Å². The minimum atomic E-state index is -0.345. The molecule has 1 aromatic carbocycles. The van der Waals surface area contributed by atoms with Crippen LogP contribution in [-0.4, -0.2) is 32.3 Å². The predicted molar refractivity (Wildman–Crippen MR) is 79.6 cm³/mol. The molecule has 1 aromatic rings. The fraction of sp³-hybridized carbons (Fsp3) is 0.600. The number of rotatable bonds is 5. The van der Waals surface area contributed by atoms with Crippen molar-refractivity contribution in [2.45, 2.75) is 25.8 Å². The van der Waals surface area contributed by atoms with Crippen LogP contribution in [0.2, 0.25) is 0 Å². The second-order valence-corrected chi connectivity index (χ2v) is 5.89. The molecule has 2 rings (SSSR count). The molecule has 0 saturated carbocycles. The highest BCUT2D eigenvalue weighted by Crippen LogP contribution is 2.40. The molecule has 0 amide bonds. The first-order chi connectivity index (χ1) is 9.99. The first-order valence-electron chi connectivity index (χ1n) is 7.04. The number of nitrogens with one attached hydrogen (secondary N) is 1. The Hall–Kier alpha value is -1.66. The number of piperidine rings is 1. The molecule has 0 spiro atoms. The maximum absolute atomic E-state index is 11.3. The lowest BCUT2D eigenvalue weighted by atomic mass is 9.76. The Morgan fingerprint density at radius 2 is 2.24 bits per heavy atom. The number of hydrogen-bond acceptors (Lipinski definition) is 5. The third-order valence-corrected chi connectivity index (χ3v) is 4.12. The fourth-order valence-electron chi connectivity index (χ4n) is 3.02. The molecule has 21 heavy (non-hydrogen) atoms. The zero-order chi connectivity index (χ0) is 15.5. The van der Waals surface area contributed by atoms with Crippen LogP contribution >= 0.6 is 0 Å². The van der Waals surface area contributed by atoms with Gasteiger partial charge in [-0.15, -0.1) is 0 Å². The molecule has 2 atom stereocenters. The maximum atomic E-state index is 11.3. The van der Waals surface area contributed by atoms with E-state index < -0.39 is 0 Å². The van der Waals surface area contributed by atoms with Gasteiger partial charge in [0.25, 0.3) is 5.69 Å². The number of methoxy groups -OCH3 is 2. The summed E-state index contributed by atoms with van der Waals surface area (Å²) in [5.74, 6) is 0.501. The number of hydrogen-bond donors (Lipinski definition) is 1. The van der Waals surface area contributed by atoms with Crippen LogP contribution in [0.3, 0.4) is 0 Å². The average molecular weight is 294 g/mol. The molecule has 1 aliphatic heterocycles. The zero-order valence-electron chi connectivity index (χ0n) is 12.7. The van der Waals surface area contributed by atoms with Crippen molar-refractivity contribution < 1.29 is 14.4 Å². The van der Waals surface area contributed by atoms with Gasteiger partial charge in [0.15, 0.2) is 0 Å². The van der Waals surface area contributed by atoms with Crippen molar-refractivity contribution in [2.24, 2.45) is 5.41 Å². The van der Waals surface area contributed by atoms with E-state index in [1.54, 1.807) is 19.2 Å². The van der Waals surface area contributed by atoms with Crippen LogP contribution in [0.15, 0.2) is 18.2 Å². The lowest BCUT2D eigenvalue weighted by Gasteiger charge is -2.38. The Morgan fingerprint density at radius 3 is 2.86 bits per heavy atom. The Balaban J connectivity index is 2.30. The summed E-state index contributed by atoms with van der Waals surface area (Å²) < 4.78 is 10.4. The van der Waals surface area contributed by atoms with Crippen molar-refractivity contribution in [1.29, 1.82) is 0 Å². The molecule has 0 bridgehead atoms. The monoisotopic (exact) mass is 294 g/mol. The molecule has 1 aliphatic rings. The van der Waals surface area contributed by atoms with Crippen LogP contribution < -0.4 is 10.1 Å². The average Bonchev–Trinajstić information content (AvgIpc) is 2.46. The summed E-state index contributed by atoms with van der Waals surface area (Å²) in [7, 11) is 3.20. The van der Waals surface area contributed by atoms with Crippen molar-refractivity contribution in [1.82, 2.24) is 5.32 Å². The number of benzene rings is 1. The molecular formula is C15H22N2O4. The molecular weight excluding hydrogens is 272 g/mol. The van der Waals surface area contributed by atoms with Crippen LogP contribution in [0.4, 0.5) is 5.69 Å². The molecule has 1 N–H and O–H groups in total. The van der Waals surface area contributed by atoms with Crippen molar-refractivity contribution >= 4 is 5.69 Å². The van der Waals surface area contributed by atoms with E-state index in [-0.39, 0.29) is 22.1 Å². The normalized spacial score (nSPS) is 25.6. The van der Waals surface area contributed by atoms with Gasteiger partial charge in [0.1, 0.15) is 5.75 Å². The van der Waals surface area contributed by atoms with E-state index in [4.69, 9.17) is 9.47 Å². The number of nitro benzene ring substituents is 1. The molecule has 6 heteroatoms. The molecule has 6 nitrogen and oxygen atoms in total. The third kappa shape index (κ3) is 3.51. The van der Waals surface area contributed by atoms with Crippen molar-refractivity contribution in [2.75, 3.05) is 27.4 Å². The minimum Gasteiger partial charge on any atom is -0.497 e. The van der Waals surface area contributed by atoms with Crippen molar-refractivity contribution in [3.8, 4) is 5.75 Å². The van der Waals surface area contributed by atoms with Gasteiger partial charge in [-0.1, -0.05) is 6.92 Å². The highest BCUT2D eigenvalue weighted by atomic mass is 16.6. The predicted octanol–water partition coefficient (Wildman–Crippen LogP) is 2.68. The van der Waals surface area contributed by atoms with Crippen LogP contribution in [0.25, 0.3) is 0 Å².